The van der Waals surface area contributed by atoms with Crippen LogP contribution in [0.1, 0.15) is 0 Å². The number of hydrogen-bond donors (Lipinski definition) is 2. The molecule has 0 aromatic carbocycles. The molecule has 2 rings (SSSR count). The number of hydrogen-bond acceptors (Lipinski definition) is 4. The van der Waals surface area contributed by atoms with Gasteiger partial charge in [-0.1, -0.05) is 0 Å². The first kappa shape index (κ1) is 7.99. The molecule has 0 unspecified atom stereocenters. The van der Waals surface area contributed by atoms with E-state index in [0.29, 0.717) is 0 Å². The lowest BCUT2D eigenvalue weighted by Gasteiger charge is -2.16. The number of sulfonamides is 1. The van der Waals surface area contributed by atoms with Crippen LogP contribution in [0.4, 0.5) is 10.5 Å². The minimum atomic E-state index is -3.76. The fourth-order valence-corrected chi connectivity index (χ4v) is 2.02. The van der Waals surface area contributed by atoms with Gasteiger partial charge in [-0.25, -0.2) is 14.5 Å². The number of carbonyl (C=O) groups is 1. The zero-order valence-corrected chi connectivity index (χ0v) is 7.13. The lowest BCUT2D eigenvalue weighted by molar-refractivity contribution is 0.256. The molecule has 6 nitrogen and oxygen atoms in total. The third-order valence-corrected chi connectivity index (χ3v) is 2.79. The Labute approximate surface area is 74.0 Å². The molecule has 0 saturated heterocycles. The van der Waals surface area contributed by atoms with Crippen LogP contribution in [0.25, 0.3) is 0 Å². The maximum atomic E-state index is 11.2. The fourth-order valence-electron chi connectivity index (χ4n) is 1.02. The summed E-state index contributed by atoms with van der Waals surface area (Å²) in [7, 11) is -3.76. The first-order valence-corrected chi connectivity index (χ1v) is 4.87. The quantitative estimate of drug-likeness (QED) is 0.611. The molecule has 0 spiro atoms. The van der Waals surface area contributed by atoms with E-state index in [1.807, 2.05) is 0 Å². The summed E-state index contributed by atoms with van der Waals surface area (Å²) in [6.45, 7) is 0. The van der Waals surface area contributed by atoms with E-state index in [2.05, 4.69) is 10.3 Å². The molecule has 0 fully saturated rings. The van der Waals surface area contributed by atoms with Crippen LogP contribution in [0.2, 0.25) is 0 Å². The minimum absolute atomic E-state index is 0.158. The van der Waals surface area contributed by atoms with Crippen LogP contribution in [-0.2, 0) is 10.0 Å². The molecular weight excluding hydrogens is 194 g/mol. The Hall–Kier alpha value is -1.63. The average molecular weight is 199 g/mol. The van der Waals surface area contributed by atoms with E-state index in [9.17, 15) is 13.2 Å². The highest BCUT2D eigenvalue weighted by Crippen LogP contribution is 2.20. The van der Waals surface area contributed by atoms with Crippen molar-refractivity contribution < 1.29 is 13.2 Å². The monoisotopic (exact) mass is 199 g/mol. The summed E-state index contributed by atoms with van der Waals surface area (Å²) >= 11 is 0. The van der Waals surface area contributed by atoms with Crippen LogP contribution >= 0.6 is 0 Å². The van der Waals surface area contributed by atoms with Gasteiger partial charge in [0.1, 0.15) is 0 Å². The fraction of sp³-hybridized carbons (Fsp3) is 0. The van der Waals surface area contributed by atoms with Crippen LogP contribution in [0.15, 0.2) is 23.4 Å². The lowest BCUT2D eigenvalue weighted by Crippen LogP contribution is -2.39. The molecule has 2 heterocycles. The van der Waals surface area contributed by atoms with Gasteiger partial charge in [-0.15, -0.1) is 0 Å². The first-order valence-electron chi connectivity index (χ1n) is 3.38. The number of aromatic nitrogens is 1. The molecule has 1 aromatic rings. The molecule has 1 aromatic heterocycles. The predicted molar refractivity (Wildman–Crippen MR) is 43.6 cm³/mol. The molecular formula is C6H5N3O3S. The van der Waals surface area contributed by atoms with Gasteiger partial charge in [0.05, 0.1) is 5.69 Å². The van der Waals surface area contributed by atoms with Gasteiger partial charge < -0.3 is 5.32 Å². The number of fused-ring (bicyclic) bond motifs is 1. The minimum Gasteiger partial charge on any atom is -0.304 e. The van der Waals surface area contributed by atoms with E-state index in [0.717, 1.165) is 0 Å². The third-order valence-electron chi connectivity index (χ3n) is 1.50. The van der Waals surface area contributed by atoms with Crippen LogP contribution in [-0.4, -0.2) is 19.4 Å². The van der Waals surface area contributed by atoms with Gasteiger partial charge in [-0.2, -0.15) is 8.42 Å². The molecule has 0 atom stereocenters. The molecule has 2 amide bonds. The lowest BCUT2D eigenvalue weighted by atomic mass is 10.4. The first-order chi connectivity index (χ1) is 6.09. The number of nitrogens with one attached hydrogen (secondary N) is 2. The van der Waals surface area contributed by atoms with E-state index < -0.39 is 16.1 Å². The Morgan fingerprint density at radius 3 is 2.92 bits per heavy atom. The molecule has 0 saturated carbocycles. The summed E-state index contributed by atoms with van der Waals surface area (Å²) in [5, 5.41) is 2.17. The zero-order valence-electron chi connectivity index (χ0n) is 6.31. The van der Waals surface area contributed by atoms with Gasteiger partial charge in [-0.05, 0) is 12.1 Å². The number of anilines is 1. The van der Waals surface area contributed by atoms with Crippen molar-refractivity contribution in [3.63, 3.8) is 0 Å². The molecule has 7 heteroatoms. The summed E-state index contributed by atoms with van der Waals surface area (Å²) in [5.41, 5.74) is 0.200. The van der Waals surface area contributed by atoms with Crippen LogP contribution < -0.4 is 10.0 Å². The van der Waals surface area contributed by atoms with Crippen molar-refractivity contribution in [2.24, 2.45) is 0 Å². The van der Waals surface area contributed by atoms with Crippen molar-refractivity contribution in [1.82, 2.24) is 9.71 Å². The maximum absolute atomic E-state index is 11.2. The standard InChI is InChI=1S/C6H5N3O3S/c10-6-8-4-2-1-3-7-5(4)13(11,12)9-6/h1-3H,(H2,8,9,10). The normalized spacial score (nSPS) is 18.3. The Kier molecular flexibility index (Phi) is 1.49. The summed E-state index contributed by atoms with van der Waals surface area (Å²) in [6, 6.07) is 2.25. The van der Waals surface area contributed by atoms with Crippen molar-refractivity contribution in [3.8, 4) is 0 Å². The zero-order chi connectivity index (χ0) is 9.47. The number of amides is 2. The van der Waals surface area contributed by atoms with Crippen LogP contribution in [0.5, 0.6) is 0 Å². The number of carbonyl (C=O) groups excluding carboxylic acids is 1. The summed E-state index contributed by atoms with van der Waals surface area (Å²) in [4.78, 5) is 14.5. The topological polar surface area (TPSA) is 88.2 Å². The van der Waals surface area contributed by atoms with Gasteiger partial charge >= 0.3 is 6.03 Å². The van der Waals surface area contributed by atoms with Gasteiger partial charge in [0.2, 0.25) is 0 Å². The molecule has 68 valence electrons. The highest BCUT2D eigenvalue weighted by molar-refractivity contribution is 7.90. The average Bonchev–Trinajstić information content (AvgIpc) is 2.02. The highest BCUT2D eigenvalue weighted by Gasteiger charge is 2.28. The van der Waals surface area contributed by atoms with E-state index in [4.69, 9.17) is 0 Å². The molecule has 0 aliphatic carbocycles. The summed E-state index contributed by atoms with van der Waals surface area (Å²) < 4.78 is 24.3. The molecule has 0 radical (unpaired) electrons. The Bertz CT molecular complexity index is 468. The van der Waals surface area contributed by atoms with Crippen molar-refractivity contribution in [3.05, 3.63) is 18.3 Å². The number of rotatable bonds is 0. The Balaban J connectivity index is 2.70. The van der Waals surface area contributed by atoms with E-state index in [1.165, 1.54) is 12.3 Å². The van der Waals surface area contributed by atoms with E-state index >= 15 is 0 Å². The molecule has 0 bridgehead atoms. The van der Waals surface area contributed by atoms with Crippen molar-refractivity contribution in [1.29, 1.82) is 0 Å². The molecule has 13 heavy (non-hydrogen) atoms. The van der Waals surface area contributed by atoms with Crippen molar-refractivity contribution in [2.75, 3.05) is 5.32 Å². The molecule has 1 aliphatic rings. The number of urea groups is 1. The predicted octanol–water partition coefficient (Wildman–Crippen LogP) is -0.0946. The molecule has 1 aliphatic heterocycles. The number of pyridine rings is 1. The highest BCUT2D eigenvalue weighted by atomic mass is 32.2. The van der Waals surface area contributed by atoms with Gasteiger partial charge in [0, 0.05) is 6.20 Å². The second kappa shape index (κ2) is 2.43. The summed E-state index contributed by atoms with van der Waals surface area (Å²) in [5.74, 6) is 0. The second-order valence-electron chi connectivity index (χ2n) is 2.42. The van der Waals surface area contributed by atoms with Gasteiger partial charge in [0.15, 0.2) is 5.03 Å². The van der Waals surface area contributed by atoms with Crippen LogP contribution in [0, 0.1) is 0 Å². The Morgan fingerprint density at radius 1 is 1.38 bits per heavy atom. The SMILES string of the molecule is O=C1Nc2cccnc2S(=O)(=O)N1. The number of nitrogens with zero attached hydrogens (tertiary/aromatic N) is 1. The Morgan fingerprint density at radius 2 is 2.15 bits per heavy atom. The smallest absolute Gasteiger partial charge is 0.304 e. The third kappa shape index (κ3) is 1.22. The largest absolute Gasteiger partial charge is 0.333 e. The van der Waals surface area contributed by atoms with Crippen LogP contribution in [0.3, 0.4) is 0 Å². The summed E-state index contributed by atoms with van der Waals surface area (Å²) in [6.07, 6.45) is 1.34. The van der Waals surface area contributed by atoms with Gasteiger partial charge in [-0.3, -0.25) is 0 Å². The molecule has 2 N–H and O–H groups in total. The van der Waals surface area contributed by atoms with Crippen molar-refractivity contribution >= 4 is 21.7 Å². The van der Waals surface area contributed by atoms with E-state index in [-0.39, 0.29) is 10.7 Å². The maximum Gasteiger partial charge on any atom is 0.333 e. The second-order valence-corrected chi connectivity index (χ2v) is 4.01. The van der Waals surface area contributed by atoms with E-state index in [1.54, 1.807) is 10.8 Å². The van der Waals surface area contributed by atoms with Gasteiger partial charge in [0.25, 0.3) is 10.0 Å². The van der Waals surface area contributed by atoms with Crippen molar-refractivity contribution in [2.45, 2.75) is 5.03 Å².